The van der Waals surface area contributed by atoms with Gasteiger partial charge in [-0.2, -0.15) is 0 Å². The fraction of sp³-hybridized carbons (Fsp3) is 0.0909. The van der Waals surface area contributed by atoms with Gasteiger partial charge in [-0.1, -0.05) is 60.8 Å². The molecule has 5 aromatic carbocycles. The van der Waals surface area contributed by atoms with Crippen molar-refractivity contribution in [1.82, 2.24) is 9.97 Å². The van der Waals surface area contributed by atoms with Gasteiger partial charge >= 0.3 is 0 Å². The molecule has 0 atom stereocenters. The van der Waals surface area contributed by atoms with Gasteiger partial charge in [0.1, 0.15) is 0 Å². The van der Waals surface area contributed by atoms with Crippen molar-refractivity contribution in [3.05, 3.63) is 120 Å². The first-order chi connectivity index (χ1) is 17.1. The second kappa shape index (κ2) is 9.78. The fourth-order valence-electron chi connectivity index (χ4n) is 4.76. The van der Waals surface area contributed by atoms with Crippen LogP contribution in [0.3, 0.4) is 0 Å². The van der Waals surface area contributed by atoms with E-state index in [1.807, 2.05) is 43.6 Å². The maximum absolute atomic E-state index is 4.70. The molecule has 1 radical (unpaired) electrons. The van der Waals surface area contributed by atoms with E-state index in [2.05, 4.69) is 85.6 Å². The molecule has 0 fully saturated rings. The molecule has 7 aromatic rings. The average molecular weight is 641 g/mol. The first kappa shape index (κ1) is 24.1. The van der Waals surface area contributed by atoms with Gasteiger partial charge in [0.2, 0.25) is 0 Å². The summed E-state index contributed by atoms with van der Waals surface area (Å²) in [5.74, 6) is 0. The third kappa shape index (κ3) is 4.26. The zero-order valence-electron chi connectivity index (χ0n) is 20.4. The molecule has 0 aliphatic rings. The Hall–Kier alpha value is -3.65. The summed E-state index contributed by atoms with van der Waals surface area (Å²) in [6.07, 6.45) is 3.82. The van der Waals surface area contributed by atoms with Crippen molar-refractivity contribution in [3.8, 4) is 11.3 Å². The molecular formula is C33H24IrN2-2. The first-order valence-electron chi connectivity index (χ1n) is 11.8. The van der Waals surface area contributed by atoms with Gasteiger partial charge in [0.05, 0.1) is 0 Å². The zero-order chi connectivity index (χ0) is 23.9. The fourth-order valence-corrected chi connectivity index (χ4v) is 4.76. The van der Waals surface area contributed by atoms with Crippen molar-refractivity contribution in [2.45, 2.75) is 20.8 Å². The minimum absolute atomic E-state index is 0. The van der Waals surface area contributed by atoms with E-state index >= 15 is 0 Å². The van der Waals surface area contributed by atoms with Crippen LogP contribution >= 0.6 is 0 Å². The number of aryl methyl sites for hydroxylation is 3. The van der Waals surface area contributed by atoms with Gasteiger partial charge in [-0.3, -0.25) is 0 Å². The van der Waals surface area contributed by atoms with Gasteiger partial charge in [0.15, 0.2) is 0 Å². The van der Waals surface area contributed by atoms with Crippen molar-refractivity contribution in [1.29, 1.82) is 0 Å². The summed E-state index contributed by atoms with van der Waals surface area (Å²) >= 11 is 0. The summed E-state index contributed by atoms with van der Waals surface area (Å²) in [7, 11) is 0. The quantitative estimate of drug-likeness (QED) is 0.102. The predicted molar refractivity (Wildman–Crippen MR) is 147 cm³/mol. The zero-order valence-corrected chi connectivity index (χ0v) is 22.8. The molecule has 3 heteroatoms. The van der Waals surface area contributed by atoms with Crippen molar-refractivity contribution in [2.75, 3.05) is 0 Å². The van der Waals surface area contributed by atoms with Crippen LogP contribution in [0.25, 0.3) is 54.5 Å². The molecule has 36 heavy (non-hydrogen) atoms. The van der Waals surface area contributed by atoms with Crippen LogP contribution < -0.4 is 0 Å². The summed E-state index contributed by atoms with van der Waals surface area (Å²) in [5.41, 5.74) is 6.68. The van der Waals surface area contributed by atoms with E-state index in [0.29, 0.717) is 0 Å². The molecule has 0 spiro atoms. The molecule has 0 bridgehead atoms. The number of fused-ring (bicyclic) bond motifs is 3. The smallest absolute Gasteiger partial charge is 0.0190 e. The van der Waals surface area contributed by atoms with E-state index in [-0.39, 0.29) is 20.1 Å². The maximum Gasteiger partial charge on any atom is 0.0190 e. The number of hydrogen-bond donors (Lipinski definition) is 0. The van der Waals surface area contributed by atoms with E-state index in [1.54, 1.807) is 0 Å². The minimum Gasteiger partial charge on any atom is -0.304 e. The molecule has 0 aliphatic carbocycles. The standard InChI is InChI=1S/C20H12N.C13H12N.Ir/c1-12-10-17-15-6-2-4-13-8-9-14-5-3-7-16(19(14)18(13)15)20(17)21-11-12;1-10-3-6-12(7-4-10)13-8-5-11(2)9-14-13;/h2-6,8-11H,1H3;3-6,8-9H,1-2H3;/q2*-1;. The predicted octanol–water partition coefficient (Wildman–Crippen LogP) is 8.40. The Morgan fingerprint density at radius 3 is 2.17 bits per heavy atom. The minimum atomic E-state index is 0. The summed E-state index contributed by atoms with van der Waals surface area (Å²) in [5, 5.41) is 8.81. The molecule has 7 rings (SSSR count). The molecule has 0 saturated heterocycles. The summed E-state index contributed by atoms with van der Waals surface area (Å²) in [4.78, 5) is 9.05. The SMILES string of the molecule is Cc1c[c-]c(-c2ccc(C)cn2)cc1.Cc1cnc2c3[c-]ccc4ccc5cccc(c2c1)c5c43.[Ir]. The van der Waals surface area contributed by atoms with Crippen molar-refractivity contribution in [2.24, 2.45) is 0 Å². The van der Waals surface area contributed by atoms with Gasteiger partial charge in [-0.25, -0.2) is 0 Å². The second-order valence-corrected chi connectivity index (χ2v) is 9.20. The second-order valence-electron chi connectivity index (χ2n) is 9.20. The molecule has 0 amide bonds. The first-order valence-corrected chi connectivity index (χ1v) is 11.8. The van der Waals surface area contributed by atoms with Crippen LogP contribution in [-0.4, -0.2) is 9.97 Å². The Bertz CT molecular complexity index is 1760. The van der Waals surface area contributed by atoms with Crippen molar-refractivity contribution in [3.63, 3.8) is 0 Å². The van der Waals surface area contributed by atoms with Gasteiger partial charge in [0, 0.05) is 32.5 Å². The molecule has 0 unspecified atom stereocenters. The van der Waals surface area contributed by atoms with Crippen LogP contribution in [0.5, 0.6) is 0 Å². The summed E-state index contributed by atoms with van der Waals surface area (Å²) in [6.45, 7) is 6.19. The van der Waals surface area contributed by atoms with E-state index in [4.69, 9.17) is 4.98 Å². The van der Waals surface area contributed by atoms with Gasteiger partial charge in [-0.05, 0) is 57.7 Å². The normalized spacial score (nSPS) is 11.0. The summed E-state index contributed by atoms with van der Waals surface area (Å²) in [6, 6.07) is 34.1. The number of hydrogen-bond acceptors (Lipinski definition) is 2. The Labute approximate surface area is 224 Å². The topological polar surface area (TPSA) is 25.8 Å². The Kier molecular flexibility index (Phi) is 6.53. The van der Waals surface area contributed by atoms with Gasteiger partial charge < -0.3 is 9.97 Å². The van der Waals surface area contributed by atoms with Crippen molar-refractivity contribution >= 4 is 43.2 Å². The Morgan fingerprint density at radius 1 is 0.639 bits per heavy atom. The molecule has 0 aliphatic heterocycles. The molecule has 0 saturated carbocycles. The summed E-state index contributed by atoms with van der Waals surface area (Å²) < 4.78 is 0. The molecule has 2 nitrogen and oxygen atoms in total. The molecular weight excluding hydrogens is 617 g/mol. The monoisotopic (exact) mass is 641 g/mol. The van der Waals surface area contributed by atoms with Crippen LogP contribution in [0.15, 0.2) is 91.3 Å². The van der Waals surface area contributed by atoms with E-state index in [0.717, 1.165) is 22.2 Å². The van der Waals surface area contributed by atoms with E-state index in [9.17, 15) is 0 Å². The van der Waals surface area contributed by atoms with Crippen LogP contribution in [-0.2, 0) is 20.1 Å². The third-order valence-corrected chi connectivity index (χ3v) is 6.53. The van der Waals surface area contributed by atoms with Crippen LogP contribution in [0, 0.1) is 32.9 Å². The van der Waals surface area contributed by atoms with Gasteiger partial charge in [-0.15, -0.1) is 64.4 Å². The number of aromatic nitrogens is 2. The molecule has 2 heterocycles. The largest absolute Gasteiger partial charge is 0.304 e. The van der Waals surface area contributed by atoms with Crippen molar-refractivity contribution < 1.29 is 20.1 Å². The van der Waals surface area contributed by atoms with E-state index in [1.165, 1.54) is 49.0 Å². The van der Waals surface area contributed by atoms with Crippen LogP contribution in [0.1, 0.15) is 16.7 Å². The number of nitrogens with zero attached hydrogens (tertiary/aromatic N) is 2. The maximum atomic E-state index is 4.70. The average Bonchev–Trinajstić information content (AvgIpc) is 2.89. The van der Waals surface area contributed by atoms with Gasteiger partial charge in [0.25, 0.3) is 0 Å². The number of benzene rings is 5. The molecule has 177 valence electrons. The number of rotatable bonds is 1. The van der Waals surface area contributed by atoms with E-state index < -0.39 is 0 Å². The molecule has 2 aromatic heterocycles. The van der Waals surface area contributed by atoms with Crippen LogP contribution in [0.2, 0.25) is 0 Å². The Balaban J connectivity index is 0.000000157. The third-order valence-electron chi connectivity index (χ3n) is 6.53. The molecule has 0 N–H and O–H groups in total. The Morgan fingerprint density at radius 2 is 1.42 bits per heavy atom. The van der Waals surface area contributed by atoms with Crippen LogP contribution in [0.4, 0.5) is 0 Å². The number of pyridine rings is 2.